The minimum Gasteiger partial charge on any atom is -0.440 e. The molecule has 2 aliphatic rings. The SMILES string of the molecule is COCC1(C(=O)Nc2ccc3oc(C4CC4)nc3c2)CCNCC1. The molecule has 1 saturated heterocycles. The van der Waals surface area contributed by atoms with Crippen LogP contribution in [0, 0.1) is 5.41 Å². The van der Waals surface area contributed by atoms with Gasteiger partial charge in [-0.25, -0.2) is 4.98 Å². The van der Waals surface area contributed by atoms with Gasteiger partial charge in [0.05, 0.1) is 12.0 Å². The van der Waals surface area contributed by atoms with E-state index in [1.165, 1.54) is 0 Å². The van der Waals surface area contributed by atoms with Crippen molar-refractivity contribution in [3.05, 3.63) is 24.1 Å². The number of hydrogen-bond donors (Lipinski definition) is 2. The van der Waals surface area contributed by atoms with Crippen LogP contribution in [-0.4, -0.2) is 37.7 Å². The van der Waals surface area contributed by atoms with Gasteiger partial charge in [-0.05, 0) is 57.0 Å². The lowest BCUT2D eigenvalue weighted by atomic mass is 9.78. The predicted molar refractivity (Wildman–Crippen MR) is 91.0 cm³/mol. The molecule has 2 N–H and O–H groups in total. The Hall–Kier alpha value is -1.92. The molecule has 0 bridgehead atoms. The highest BCUT2D eigenvalue weighted by molar-refractivity contribution is 5.97. The molecular weight excluding hydrogens is 306 g/mol. The number of fused-ring (bicyclic) bond motifs is 1. The van der Waals surface area contributed by atoms with E-state index >= 15 is 0 Å². The second-order valence-corrected chi connectivity index (χ2v) is 6.93. The Bertz CT molecular complexity index is 740. The number of nitrogens with one attached hydrogen (secondary N) is 2. The Kier molecular flexibility index (Phi) is 4.02. The number of hydrogen-bond acceptors (Lipinski definition) is 5. The van der Waals surface area contributed by atoms with Crippen LogP contribution in [0.4, 0.5) is 5.69 Å². The quantitative estimate of drug-likeness (QED) is 0.882. The van der Waals surface area contributed by atoms with Crippen LogP contribution in [0.25, 0.3) is 11.1 Å². The van der Waals surface area contributed by atoms with Crippen LogP contribution < -0.4 is 10.6 Å². The van der Waals surface area contributed by atoms with E-state index in [1.807, 2.05) is 18.2 Å². The van der Waals surface area contributed by atoms with Crippen molar-refractivity contribution in [1.29, 1.82) is 0 Å². The first kappa shape index (κ1) is 15.6. The number of aromatic nitrogens is 1. The van der Waals surface area contributed by atoms with Crippen molar-refractivity contribution >= 4 is 22.7 Å². The minimum atomic E-state index is -0.460. The summed E-state index contributed by atoms with van der Waals surface area (Å²) >= 11 is 0. The van der Waals surface area contributed by atoms with Crippen LogP contribution in [0.5, 0.6) is 0 Å². The van der Waals surface area contributed by atoms with Crippen LogP contribution in [0.2, 0.25) is 0 Å². The molecule has 6 heteroatoms. The zero-order chi connectivity index (χ0) is 16.6. The lowest BCUT2D eigenvalue weighted by molar-refractivity contribution is -0.130. The fourth-order valence-electron chi connectivity index (χ4n) is 3.41. The molecular formula is C18H23N3O3. The van der Waals surface area contributed by atoms with Crippen LogP contribution in [0.3, 0.4) is 0 Å². The molecule has 1 aliphatic heterocycles. The van der Waals surface area contributed by atoms with E-state index in [2.05, 4.69) is 15.6 Å². The van der Waals surface area contributed by atoms with Crippen molar-refractivity contribution in [2.24, 2.45) is 5.41 Å². The van der Waals surface area contributed by atoms with Crippen molar-refractivity contribution in [3.8, 4) is 0 Å². The summed E-state index contributed by atoms with van der Waals surface area (Å²) in [7, 11) is 1.65. The summed E-state index contributed by atoms with van der Waals surface area (Å²) in [5, 5.41) is 6.36. The van der Waals surface area contributed by atoms with E-state index in [-0.39, 0.29) is 5.91 Å². The first-order valence-corrected chi connectivity index (χ1v) is 8.62. The van der Waals surface area contributed by atoms with E-state index in [0.717, 1.165) is 61.5 Å². The summed E-state index contributed by atoms with van der Waals surface area (Å²) in [6.07, 6.45) is 3.88. The van der Waals surface area contributed by atoms with Crippen molar-refractivity contribution in [1.82, 2.24) is 10.3 Å². The highest BCUT2D eigenvalue weighted by atomic mass is 16.5. The van der Waals surface area contributed by atoms with Gasteiger partial charge in [0.2, 0.25) is 5.91 Å². The van der Waals surface area contributed by atoms with E-state index in [4.69, 9.17) is 9.15 Å². The maximum absolute atomic E-state index is 12.9. The third-order valence-corrected chi connectivity index (χ3v) is 5.05. The smallest absolute Gasteiger partial charge is 0.233 e. The molecule has 0 atom stereocenters. The average molecular weight is 329 g/mol. The number of carbonyl (C=O) groups is 1. The molecule has 1 aromatic carbocycles. The summed E-state index contributed by atoms with van der Waals surface area (Å²) in [6, 6.07) is 5.66. The fourth-order valence-corrected chi connectivity index (χ4v) is 3.41. The van der Waals surface area contributed by atoms with E-state index < -0.39 is 5.41 Å². The zero-order valence-electron chi connectivity index (χ0n) is 13.9. The third-order valence-electron chi connectivity index (χ3n) is 5.05. The molecule has 0 unspecified atom stereocenters. The van der Waals surface area contributed by atoms with Gasteiger partial charge in [-0.2, -0.15) is 0 Å². The molecule has 1 aromatic heterocycles. The molecule has 2 aromatic rings. The Morgan fingerprint density at radius 3 is 2.92 bits per heavy atom. The van der Waals surface area contributed by atoms with Crippen LogP contribution >= 0.6 is 0 Å². The molecule has 6 nitrogen and oxygen atoms in total. The van der Waals surface area contributed by atoms with Gasteiger partial charge in [0, 0.05) is 18.7 Å². The summed E-state index contributed by atoms with van der Waals surface area (Å²) in [6.45, 7) is 2.12. The van der Waals surface area contributed by atoms with Gasteiger partial charge in [-0.15, -0.1) is 0 Å². The molecule has 2 heterocycles. The molecule has 4 rings (SSSR count). The second-order valence-electron chi connectivity index (χ2n) is 6.93. The predicted octanol–water partition coefficient (Wildman–Crippen LogP) is 2.66. The minimum absolute atomic E-state index is 0.0242. The molecule has 2 fully saturated rings. The molecule has 0 spiro atoms. The molecule has 1 amide bonds. The Morgan fingerprint density at radius 2 is 2.21 bits per heavy atom. The monoisotopic (exact) mass is 329 g/mol. The number of methoxy groups -OCH3 is 1. The topological polar surface area (TPSA) is 76.4 Å². The van der Waals surface area contributed by atoms with Crippen molar-refractivity contribution in [3.63, 3.8) is 0 Å². The number of anilines is 1. The van der Waals surface area contributed by atoms with Gasteiger partial charge in [0.25, 0.3) is 0 Å². The first-order chi connectivity index (χ1) is 11.7. The maximum atomic E-state index is 12.9. The number of amides is 1. The van der Waals surface area contributed by atoms with Gasteiger partial charge in [-0.3, -0.25) is 4.79 Å². The van der Waals surface area contributed by atoms with Crippen molar-refractivity contribution < 1.29 is 13.9 Å². The van der Waals surface area contributed by atoms with Gasteiger partial charge in [0.1, 0.15) is 5.52 Å². The highest BCUT2D eigenvalue weighted by Crippen LogP contribution is 2.40. The van der Waals surface area contributed by atoms with E-state index in [1.54, 1.807) is 7.11 Å². The average Bonchev–Trinajstić information content (AvgIpc) is 3.35. The van der Waals surface area contributed by atoms with Gasteiger partial charge in [-0.1, -0.05) is 0 Å². The number of benzene rings is 1. The first-order valence-electron chi connectivity index (χ1n) is 8.62. The summed E-state index contributed by atoms with van der Waals surface area (Å²) in [4.78, 5) is 17.4. The number of oxazole rings is 1. The number of rotatable bonds is 5. The zero-order valence-corrected chi connectivity index (χ0v) is 13.9. The fraction of sp³-hybridized carbons (Fsp3) is 0.556. The van der Waals surface area contributed by atoms with Crippen molar-refractivity contribution in [2.45, 2.75) is 31.6 Å². The largest absolute Gasteiger partial charge is 0.440 e. The summed E-state index contributed by atoms with van der Waals surface area (Å²) in [5.74, 6) is 1.33. The standard InChI is InChI=1S/C18H23N3O3/c1-23-11-18(6-8-19-9-7-18)17(22)20-13-4-5-15-14(10-13)21-16(24-15)12-2-3-12/h4-5,10,12,19H,2-3,6-9,11H2,1H3,(H,20,22). The Balaban J connectivity index is 1.54. The molecule has 0 radical (unpaired) electrons. The molecule has 24 heavy (non-hydrogen) atoms. The number of nitrogens with zero attached hydrogens (tertiary/aromatic N) is 1. The van der Waals surface area contributed by atoms with Gasteiger partial charge >= 0.3 is 0 Å². The Morgan fingerprint density at radius 1 is 1.42 bits per heavy atom. The van der Waals surface area contributed by atoms with Crippen molar-refractivity contribution in [2.75, 3.05) is 32.1 Å². The number of piperidine rings is 1. The normalized spacial score (nSPS) is 20.2. The molecule has 1 saturated carbocycles. The number of carbonyl (C=O) groups excluding carboxylic acids is 1. The third kappa shape index (κ3) is 2.91. The van der Waals surface area contributed by atoms with E-state index in [9.17, 15) is 4.79 Å². The molecule has 1 aliphatic carbocycles. The highest BCUT2D eigenvalue weighted by Gasteiger charge is 2.39. The maximum Gasteiger partial charge on any atom is 0.233 e. The van der Waals surface area contributed by atoms with Crippen LogP contribution in [0.1, 0.15) is 37.5 Å². The summed E-state index contributed by atoms with van der Waals surface area (Å²) < 4.78 is 11.1. The van der Waals surface area contributed by atoms with Gasteiger partial charge in [0.15, 0.2) is 11.5 Å². The Labute approximate surface area is 141 Å². The molecule has 128 valence electrons. The lowest BCUT2D eigenvalue weighted by Gasteiger charge is -2.35. The second kappa shape index (κ2) is 6.18. The van der Waals surface area contributed by atoms with E-state index in [0.29, 0.717) is 12.5 Å². The lowest BCUT2D eigenvalue weighted by Crippen LogP contribution is -2.47. The van der Waals surface area contributed by atoms with Crippen LogP contribution in [-0.2, 0) is 9.53 Å². The van der Waals surface area contributed by atoms with Gasteiger partial charge < -0.3 is 19.8 Å². The number of ether oxygens (including phenoxy) is 1. The van der Waals surface area contributed by atoms with Crippen LogP contribution in [0.15, 0.2) is 22.6 Å². The summed E-state index contributed by atoms with van der Waals surface area (Å²) in [5.41, 5.74) is 1.89.